The molecule has 1 saturated carbocycles. The summed E-state index contributed by atoms with van der Waals surface area (Å²) in [5, 5.41) is 0. The summed E-state index contributed by atoms with van der Waals surface area (Å²) in [6.45, 7) is 17.4. The zero-order chi connectivity index (χ0) is 21.0. The molecular weight excluding hydrogens is 348 g/mol. The molecule has 0 unspecified atom stereocenters. The molecule has 0 heterocycles. The second-order valence-corrected chi connectivity index (χ2v) is 7.62. The van der Waals surface area contributed by atoms with Crippen molar-refractivity contribution in [2.75, 3.05) is 0 Å². The Balaban J connectivity index is 2.53. The molecule has 0 spiro atoms. The van der Waals surface area contributed by atoms with Crippen LogP contribution < -0.4 is 0 Å². The van der Waals surface area contributed by atoms with E-state index >= 15 is 0 Å². The molecular formula is C29H30. The molecule has 146 valence electrons. The Bertz CT molecular complexity index is 950. The molecule has 29 heavy (non-hydrogen) atoms. The molecule has 1 aliphatic carbocycles. The molecule has 0 aliphatic heterocycles. The van der Waals surface area contributed by atoms with Gasteiger partial charge in [0.1, 0.15) is 0 Å². The van der Waals surface area contributed by atoms with Crippen molar-refractivity contribution in [3.05, 3.63) is 143 Å². The highest BCUT2D eigenvalue weighted by molar-refractivity contribution is 5.79. The lowest BCUT2D eigenvalue weighted by molar-refractivity contribution is 0.762. The van der Waals surface area contributed by atoms with Crippen LogP contribution in [0, 0.1) is 0 Å². The van der Waals surface area contributed by atoms with Gasteiger partial charge in [-0.2, -0.15) is 0 Å². The van der Waals surface area contributed by atoms with Gasteiger partial charge in [-0.3, -0.25) is 0 Å². The van der Waals surface area contributed by atoms with Crippen LogP contribution in [0.5, 0.6) is 0 Å². The minimum absolute atomic E-state index is 0.439. The fourth-order valence-corrected chi connectivity index (χ4v) is 4.10. The van der Waals surface area contributed by atoms with E-state index < -0.39 is 5.41 Å². The lowest BCUT2D eigenvalue weighted by Gasteiger charge is -2.34. The average Bonchev–Trinajstić information content (AvgIpc) is 2.97. The fourth-order valence-electron chi connectivity index (χ4n) is 4.10. The summed E-state index contributed by atoms with van der Waals surface area (Å²) < 4.78 is 0. The fraction of sp³-hybridized carbons (Fsp3) is 0.172. The minimum atomic E-state index is -0.439. The Morgan fingerprint density at radius 1 is 0.655 bits per heavy atom. The van der Waals surface area contributed by atoms with Crippen molar-refractivity contribution in [2.45, 2.75) is 33.1 Å². The van der Waals surface area contributed by atoms with Crippen LogP contribution in [0.3, 0.4) is 0 Å². The van der Waals surface area contributed by atoms with Crippen LogP contribution in [0.4, 0.5) is 0 Å². The molecule has 0 aromatic heterocycles. The standard InChI is InChI=1S/C29H30/c1-7-21(3)19-27-23(5)24(6)28(20-22(4)8-2)29(27,25-15-11-9-12-16-25)26-17-13-10-14-18-26/h7-20H,5-6H2,1-4H3/b21-7-,22-8-,27-19+,28-20+. The Labute approximate surface area is 176 Å². The van der Waals surface area contributed by atoms with E-state index in [0.29, 0.717) is 0 Å². The largest absolute Gasteiger partial charge is 0.0908 e. The van der Waals surface area contributed by atoms with E-state index in [4.69, 9.17) is 0 Å². The third kappa shape index (κ3) is 3.51. The van der Waals surface area contributed by atoms with Crippen LogP contribution in [0.1, 0.15) is 38.8 Å². The molecule has 0 heteroatoms. The topological polar surface area (TPSA) is 0 Å². The van der Waals surface area contributed by atoms with Gasteiger partial charge in [-0.15, -0.1) is 0 Å². The number of hydrogen-bond donors (Lipinski definition) is 0. The van der Waals surface area contributed by atoms with Crippen LogP contribution in [0.25, 0.3) is 0 Å². The second-order valence-electron chi connectivity index (χ2n) is 7.62. The van der Waals surface area contributed by atoms with Gasteiger partial charge in [0.05, 0.1) is 5.41 Å². The van der Waals surface area contributed by atoms with Gasteiger partial charge in [0.15, 0.2) is 0 Å². The Morgan fingerprint density at radius 2 is 1.00 bits per heavy atom. The van der Waals surface area contributed by atoms with Crippen molar-refractivity contribution < 1.29 is 0 Å². The van der Waals surface area contributed by atoms with Crippen LogP contribution >= 0.6 is 0 Å². The van der Waals surface area contributed by atoms with E-state index in [2.05, 4.69) is 126 Å². The summed E-state index contributed by atoms with van der Waals surface area (Å²) in [4.78, 5) is 0. The molecule has 0 N–H and O–H groups in total. The first-order valence-corrected chi connectivity index (χ1v) is 10.2. The first-order valence-electron chi connectivity index (χ1n) is 10.2. The predicted octanol–water partition coefficient (Wildman–Crippen LogP) is 7.88. The van der Waals surface area contributed by atoms with Gasteiger partial charge in [-0.05, 0) is 61.1 Å². The predicted molar refractivity (Wildman–Crippen MR) is 127 cm³/mol. The molecule has 3 rings (SSSR count). The smallest absolute Gasteiger partial charge is 0.0713 e. The van der Waals surface area contributed by atoms with E-state index in [1.165, 1.54) is 33.4 Å². The van der Waals surface area contributed by atoms with Crippen molar-refractivity contribution in [1.29, 1.82) is 0 Å². The van der Waals surface area contributed by atoms with Gasteiger partial charge < -0.3 is 0 Å². The Hall–Kier alpha value is -3.12. The third-order valence-corrected chi connectivity index (χ3v) is 5.89. The van der Waals surface area contributed by atoms with E-state index in [0.717, 1.165) is 11.1 Å². The molecule has 0 bridgehead atoms. The van der Waals surface area contributed by atoms with E-state index in [-0.39, 0.29) is 0 Å². The first kappa shape index (κ1) is 20.6. The van der Waals surface area contributed by atoms with E-state index in [1.54, 1.807) is 0 Å². The van der Waals surface area contributed by atoms with Gasteiger partial charge >= 0.3 is 0 Å². The van der Waals surface area contributed by atoms with Crippen LogP contribution in [-0.2, 0) is 5.41 Å². The molecule has 1 aliphatic rings. The van der Waals surface area contributed by atoms with E-state index in [1.807, 2.05) is 0 Å². The number of allylic oxidation sites excluding steroid dienone is 10. The lowest BCUT2D eigenvalue weighted by Crippen LogP contribution is -2.29. The zero-order valence-electron chi connectivity index (χ0n) is 18.0. The summed E-state index contributed by atoms with van der Waals surface area (Å²) in [5.41, 5.74) is 8.88. The normalized spacial score (nSPS) is 20.0. The van der Waals surface area contributed by atoms with Crippen LogP contribution in [0.15, 0.2) is 132 Å². The quantitative estimate of drug-likeness (QED) is 0.507. The number of rotatable bonds is 4. The van der Waals surface area contributed by atoms with Crippen LogP contribution in [-0.4, -0.2) is 0 Å². The van der Waals surface area contributed by atoms with Crippen molar-refractivity contribution in [2.24, 2.45) is 0 Å². The van der Waals surface area contributed by atoms with Gasteiger partial charge in [0.25, 0.3) is 0 Å². The lowest BCUT2D eigenvalue weighted by atomic mass is 9.67. The molecule has 0 nitrogen and oxygen atoms in total. The average molecular weight is 379 g/mol. The molecule has 1 fully saturated rings. The number of benzene rings is 2. The maximum absolute atomic E-state index is 4.48. The Morgan fingerprint density at radius 3 is 1.31 bits per heavy atom. The monoisotopic (exact) mass is 378 g/mol. The number of hydrogen-bond acceptors (Lipinski definition) is 0. The summed E-state index contributed by atoms with van der Waals surface area (Å²) in [6.07, 6.45) is 8.84. The van der Waals surface area contributed by atoms with Gasteiger partial charge in [-0.25, -0.2) is 0 Å². The highest BCUT2D eigenvalue weighted by Crippen LogP contribution is 2.58. The third-order valence-electron chi connectivity index (χ3n) is 5.89. The van der Waals surface area contributed by atoms with Crippen molar-refractivity contribution in [3.63, 3.8) is 0 Å². The highest BCUT2D eigenvalue weighted by Gasteiger charge is 2.49. The van der Waals surface area contributed by atoms with Gasteiger partial charge in [0, 0.05) is 0 Å². The summed E-state index contributed by atoms with van der Waals surface area (Å²) >= 11 is 0. The molecule has 2 aromatic carbocycles. The molecule has 0 amide bonds. The summed E-state index contributed by atoms with van der Waals surface area (Å²) in [5.74, 6) is 0. The molecule has 0 radical (unpaired) electrons. The first-order chi connectivity index (χ1) is 14.0. The molecule has 0 atom stereocenters. The highest BCUT2D eigenvalue weighted by atomic mass is 14.5. The maximum atomic E-state index is 4.48. The van der Waals surface area contributed by atoms with Crippen LogP contribution in [0.2, 0.25) is 0 Å². The summed E-state index contributed by atoms with van der Waals surface area (Å²) in [6, 6.07) is 21.5. The molecule has 0 saturated heterocycles. The van der Waals surface area contributed by atoms with Gasteiger partial charge in [0.2, 0.25) is 0 Å². The minimum Gasteiger partial charge on any atom is -0.0908 e. The Kier molecular flexibility index (Phi) is 6.03. The van der Waals surface area contributed by atoms with Gasteiger partial charge in [-0.1, -0.05) is 109 Å². The van der Waals surface area contributed by atoms with Crippen molar-refractivity contribution in [3.8, 4) is 0 Å². The maximum Gasteiger partial charge on any atom is 0.0713 e. The zero-order valence-corrected chi connectivity index (χ0v) is 18.0. The van der Waals surface area contributed by atoms with Crippen molar-refractivity contribution in [1.82, 2.24) is 0 Å². The summed E-state index contributed by atoms with van der Waals surface area (Å²) in [7, 11) is 0. The SMILES string of the molecule is C=C1C(=C)/C(=C\C(C)=C/C)C(c2ccccc2)(c2ccccc2)/C1=C/C(C)=C\C. The second kappa shape index (κ2) is 8.49. The molecule has 2 aromatic rings. The van der Waals surface area contributed by atoms with E-state index in [9.17, 15) is 0 Å². The van der Waals surface area contributed by atoms with Crippen molar-refractivity contribution >= 4 is 0 Å².